The van der Waals surface area contributed by atoms with Crippen molar-refractivity contribution in [3.63, 3.8) is 0 Å². The zero-order valence-corrected chi connectivity index (χ0v) is 15.8. The van der Waals surface area contributed by atoms with E-state index < -0.39 is 18.0 Å². The summed E-state index contributed by atoms with van der Waals surface area (Å²) in [6, 6.07) is 8.24. The van der Waals surface area contributed by atoms with Gasteiger partial charge in [-0.1, -0.05) is 11.6 Å². The molecular weight excluding hydrogens is 370 g/mol. The van der Waals surface area contributed by atoms with Gasteiger partial charge in [0.1, 0.15) is 5.75 Å². The highest BCUT2D eigenvalue weighted by Crippen LogP contribution is 2.31. The first-order valence-corrected chi connectivity index (χ1v) is 8.56. The Balaban J connectivity index is 1.70. The molecule has 0 spiro atoms. The molecule has 2 N–H and O–H groups in total. The Kier molecular flexibility index (Phi) is 5.32. The molecule has 27 heavy (non-hydrogen) atoms. The summed E-state index contributed by atoms with van der Waals surface area (Å²) in [5, 5.41) is 3.22. The van der Waals surface area contributed by atoms with E-state index in [2.05, 4.69) is 15.3 Å². The fraction of sp³-hybridized carbons (Fsp3) is 0.211. The van der Waals surface area contributed by atoms with Crippen molar-refractivity contribution in [1.82, 2.24) is 9.97 Å². The number of amides is 1. The van der Waals surface area contributed by atoms with Gasteiger partial charge in [0.2, 0.25) is 0 Å². The Bertz CT molecular complexity index is 1020. The molecule has 140 valence electrons. The van der Waals surface area contributed by atoms with Crippen molar-refractivity contribution in [2.24, 2.45) is 0 Å². The van der Waals surface area contributed by atoms with E-state index in [0.717, 1.165) is 11.1 Å². The molecule has 3 aromatic rings. The number of aromatic nitrogens is 2. The summed E-state index contributed by atoms with van der Waals surface area (Å²) in [6.07, 6.45) is 0.535. The van der Waals surface area contributed by atoms with Gasteiger partial charge < -0.3 is 19.8 Å². The van der Waals surface area contributed by atoms with E-state index >= 15 is 0 Å². The van der Waals surface area contributed by atoms with Crippen LogP contribution in [0.25, 0.3) is 11.0 Å². The summed E-state index contributed by atoms with van der Waals surface area (Å²) < 4.78 is 10.5. The van der Waals surface area contributed by atoms with Gasteiger partial charge >= 0.3 is 5.97 Å². The first kappa shape index (κ1) is 18.7. The molecule has 8 heteroatoms. The number of nitrogens with zero attached hydrogens (tertiary/aromatic N) is 1. The van der Waals surface area contributed by atoms with Gasteiger partial charge in [0.25, 0.3) is 5.91 Å². The Morgan fingerprint density at radius 2 is 2.04 bits per heavy atom. The highest BCUT2D eigenvalue weighted by molar-refractivity contribution is 6.31. The van der Waals surface area contributed by atoms with Gasteiger partial charge in [-0.25, -0.2) is 9.78 Å². The van der Waals surface area contributed by atoms with Crippen LogP contribution in [0, 0.1) is 6.92 Å². The molecule has 7 nitrogen and oxygen atoms in total. The summed E-state index contributed by atoms with van der Waals surface area (Å²) in [5.74, 6) is -0.665. The van der Waals surface area contributed by atoms with Crippen LogP contribution in [-0.4, -0.2) is 35.1 Å². The molecule has 1 amide bonds. The highest BCUT2D eigenvalue weighted by Gasteiger charge is 2.21. The second-order valence-corrected chi connectivity index (χ2v) is 6.38. The van der Waals surface area contributed by atoms with Crippen molar-refractivity contribution in [3.05, 3.63) is 52.8 Å². The minimum atomic E-state index is -1.00. The molecule has 1 aromatic heterocycles. The van der Waals surface area contributed by atoms with Crippen molar-refractivity contribution < 1.29 is 19.1 Å². The van der Waals surface area contributed by atoms with E-state index in [-0.39, 0.29) is 0 Å². The van der Waals surface area contributed by atoms with Gasteiger partial charge in [0, 0.05) is 11.1 Å². The summed E-state index contributed by atoms with van der Waals surface area (Å²) in [5.41, 5.74) is 3.01. The SMILES string of the molecule is COc1cc(Cl)c(C)cc1NC(=O)C(C)OC(=O)c1ccc2nc[nH]c2c1. The first-order chi connectivity index (χ1) is 12.9. The Morgan fingerprint density at radius 3 is 2.78 bits per heavy atom. The van der Waals surface area contributed by atoms with Crippen LogP contribution < -0.4 is 10.1 Å². The normalized spacial score (nSPS) is 11.9. The summed E-state index contributed by atoms with van der Waals surface area (Å²) in [4.78, 5) is 31.8. The predicted octanol–water partition coefficient (Wildman–Crippen LogP) is 3.72. The van der Waals surface area contributed by atoms with Gasteiger partial charge in [0.05, 0.1) is 35.7 Å². The number of aryl methyl sites for hydroxylation is 1. The number of halogens is 1. The minimum Gasteiger partial charge on any atom is -0.495 e. The van der Waals surface area contributed by atoms with Crippen LogP contribution >= 0.6 is 11.6 Å². The molecule has 0 radical (unpaired) electrons. The third-order valence-corrected chi connectivity index (χ3v) is 4.45. The smallest absolute Gasteiger partial charge is 0.338 e. The monoisotopic (exact) mass is 387 g/mol. The lowest BCUT2D eigenvalue weighted by atomic mass is 10.2. The molecule has 0 aliphatic heterocycles. The number of anilines is 1. The number of fused-ring (bicyclic) bond motifs is 1. The van der Waals surface area contributed by atoms with Crippen LogP contribution in [-0.2, 0) is 9.53 Å². The number of benzene rings is 2. The molecule has 1 atom stereocenters. The summed E-state index contributed by atoms with van der Waals surface area (Å²) >= 11 is 6.06. The number of hydrogen-bond donors (Lipinski definition) is 2. The fourth-order valence-corrected chi connectivity index (χ4v) is 2.66. The Morgan fingerprint density at radius 1 is 1.26 bits per heavy atom. The molecule has 1 heterocycles. The zero-order valence-electron chi connectivity index (χ0n) is 15.0. The topological polar surface area (TPSA) is 93.3 Å². The predicted molar refractivity (Wildman–Crippen MR) is 102 cm³/mol. The number of ether oxygens (including phenoxy) is 2. The molecule has 2 aromatic carbocycles. The number of esters is 1. The van der Waals surface area contributed by atoms with Crippen LogP contribution in [0.2, 0.25) is 5.02 Å². The maximum Gasteiger partial charge on any atom is 0.338 e. The number of imidazole rings is 1. The van der Waals surface area contributed by atoms with E-state index in [1.54, 1.807) is 30.3 Å². The fourth-order valence-electron chi connectivity index (χ4n) is 2.51. The second kappa shape index (κ2) is 7.67. The van der Waals surface area contributed by atoms with Gasteiger partial charge in [0.15, 0.2) is 6.10 Å². The van der Waals surface area contributed by atoms with E-state index in [4.69, 9.17) is 21.1 Å². The van der Waals surface area contributed by atoms with E-state index in [1.165, 1.54) is 20.4 Å². The van der Waals surface area contributed by atoms with Crippen LogP contribution in [0.1, 0.15) is 22.8 Å². The third kappa shape index (κ3) is 4.03. The highest BCUT2D eigenvalue weighted by atomic mass is 35.5. The van der Waals surface area contributed by atoms with Crippen LogP contribution in [0.5, 0.6) is 5.75 Å². The minimum absolute atomic E-state index is 0.325. The number of carbonyl (C=O) groups is 2. The van der Waals surface area contributed by atoms with Gasteiger partial charge in [-0.2, -0.15) is 0 Å². The third-order valence-electron chi connectivity index (χ3n) is 4.05. The molecule has 0 saturated carbocycles. The van der Waals surface area contributed by atoms with Crippen molar-refractivity contribution in [2.45, 2.75) is 20.0 Å². The number of H-pyrrole nitrogens is 1. The van der Waals surface area contributed by atoms with Crippen molar-refractivity contribution in [2.75, 3.05) is 12.4 Å². The second-order valence-electron chi connectivity index (χ2n) is 5.97. The van der Waals surface area contributed by atoms with E-state index in [9.17, 15) is 9.59 Å². The largest absolute Gasteiger partial charge is 0.495 e. The summed E-state index contributed by atoms with van der Waals surface area (Å²) in [6.45, 7) is 3.31. The van der Waals surface area contributed by atoms with Crippen LogP contribution in [0.4, 0.5) is 5.69 Å². The quantitative estimate of drug-likeness (QED) is 0.651. The molecule has 1 unspecified atom stereocenters. The number of methoxy groups -OCH3 is 1. The van der Waals surface area contributed by atoms with Gasteiger partial charge in [-0.05, 0) is 43.7 Å². The molecule has 0 saturated heterocycles. The van der Waals surface area contributed by atoms with Gasteiger partial charge in [-0.15, -0.1) is 0 Å². The Labute approximate surface area is 160 Å². The van der Waals surface area contributed by atoms with Crippen molar-refractivity contribution in [1.29, 1.82) is 0 Å². The van der Waals surface area contributed by atoms with Crippen LogP contribution in [0.3, 0.4) is 0 Å². The first-order valence-electron chi connectivity index (χ1n) is 8.18. The average molecular weight is 388 g/mol. The molecule has 0 fully saturated rings. The molecule has 0 aliphatic carbocycles. The molecular formula is C19H18ClN3O4. The average Bonchev–Trinajstić information content (AvgIpc) is 3.12. The number of rotatable bonds is 5. The lowest BCUT2D eigenvalue weighted by Crippen LogP contribution is -2.30. The van der Waals surface area contributed by atoms with Crippen molar-refractivity contribution in [3.8, 4) is 5.75 Å². The lowest BCUT2D eigenvalue weighted by Gasteiger charge is -2.16. The maximum atomic E-state index is 12.4. The maximum absolute atomic E-state index is 12.4. The van der Waals surface area contributed by atoms with Crippen molar-refractivity contribution >= 4 is 40.2 Å². The number of nitrogens with one attached hydrogen (secondary N) is 2. The number of carbonyl (C=O) groups excluding carboxylic acids is 2. The van der Waals surface area contributed by atoms with Gasteiger partial charge in [-0.3, -0.25) is 4.79 Å². The Hall–Kier alpha value is -3.06. The van der Waals surface area contributed by atoms with E-state index in [1.807, 2.05) is 6.92 Å². The molecule has 0 bridgehead atoms. The number of hydrogen-bond acceptors (Lipinski definition) is 5. The van der Waals surface area contributed by atoms with Crippen LogP contribution in [0.15, 0.2) is 36.7 Å². The van der Waals surface area contributed by atoms with E-state index in [0.29, 0.717) is 27.5 Å². The standard InChI is InChI=1S/C19H18ClN3O4/c1-10-6-16(17(26-3)8-13(10)20)23-18(24)11(2)27-19(25)12-4-5-14-15(7-12)22-9-21-14/h4-9,11H,1-3H3,(H,21,22)(H,23,24). The molecule has 0 aliphatic rings. The zero-order chi connectivity index (χ0) is 19.6. The molecule has 3 rings (SSSR count). The summed E-state index contributed by atoms with van der Waals surface area (Å²) in [7, 11) is 1.48. The lowest BCUT2D eigenvalue weighted by molar-refractivity contribution is -0.123. The number of aromatic amines is 1.